The van der Waals surface area contributed by atoms with Crippen LogP contribution < -0.4 is 0 Å². The molecule has 0 saturated heterocycles. The molecule has 0 saturated carbocycles. The second-order valence-electron chi connectivity index (χ2n) is 1.10. The molecule has 0 aromatic rings. The van der Waals surface area contributed by atoms with Crippen LogP contribution in [-0.2, 0) is 0 Å². The highest BCUT2D eigenvalue weighted by Crippen LogP contribution is 1.87. The third-order valence-corrected chi connectivity index (χ3v) is 0.450. The molecule has 0 atom stereocenters. The van der Waals surface area contributed by atoms with Gasteiger partial charge in [-0.05, 0) is 0 Å². The Morgan fingerprint density at radius 2 is 1.62 bits per heavy atom. The minimum absolute atomic E-state index is 0.0417. The van der Waals surface area contributed by atoms with E-state index in [2.05, 4.69) is 0 Å². The van der Waals surface area contributed by atoms with Crippen LogP contribution in [0.25, 0.3) is 0 Å². The topological polar surface area (TPSA) is 0 Å². The molecule has 0 fully saturated rings. The first-order chi connectivity index (χ1) is 3.66. The second-order valence-corrected chi connectivity index (χ2v) is 1.10. The van der Waals surface area contributed by atoms with E-state index < -0.39 is 21.4 Å². The lowest BCUT2D eigenvalue weighted by molar-refractivity contribution is 0.696. The second kappa shape index (κ2) is 3.92. The Hall–Kier alpha value is -0.0203. The number of halogens is 4. The van der Waals surface area contributed by atoms with E-state index in [1.54, 1.807) is 0 Å². The molecule has 8 heavy (non-hydrogen) atoms. The van der Waals surface area contributed by atoms with E-state index in [-0.39, 0.29) is 7.06 Å². The van der Waals surface area contributed by atoms with Crippen molar-refractivity contribution in [1.29, 1.82) is 0 Å². The number of rotatable bonds is 3. The van der Waals surface area contributed by atoms with Gasteiger partial charge in [0.2, 0.25) is 0 Å². The molecule has 40 valence electrons. The number of hydrogen-bond acceptors (Lipinski definition) is 0. The molecule has 2 radical (unpaired) electrons. The summed E-state index contributed by atoms with van der Waals surface area (Å²) in [5.74, 6) is 0. The van der Waals surface area contributed by atoms with E-state index in [1.165, 1.54) is 0 Å². The fraction of sp³-hybridized carbons (Fsp3) is 0. The summed E-state index contributed by atoms with van der Waals surface area (Å²) in [4.78, 5) is 0. The molecule has 0 N–H and O–H groups in total. The molecule has 0 aliphatic rings. The van der Waals surface area contributed by atoms with E-state index in [0.29, 0.717) is 0 Å². The van der Waals surface area contributed by atoms with Crippen LogP contribution in [0.3, 0.4) is 0 Å². The first-order valence-corrected chi connectivity index (χ1v) is 1.87. The summed E-state index contributed by atoms with van der Waals surface area (Å²) < 4.78 is 44.3. The molecule has 0 aliphatic carbocycles. The quantitative estimate of drug-likeness (QED) is 0.367. The number of hydrogen-bond donors (Lipinski definition) is 0. The van der Waals surface area contributed by atoms with Crippen LogP contribution in [-0.4, -0.2) is 28.4 Å². The van der Waals surface area contributed by atoms with Gasteiger partial charge >= 0.3 is 21.4 Å². The van der Waals surface area contributed by atoms with Gasteiger partial charge in [-0.2, -0.15) is 0 Å². The normalized spacial score (nSPS) is 8.00. The van der Waals surface area contributed by atoms with Crippen molar-refractivity contribution in [2.75, 3.05) is 0 Å². The molecule has 0 aromatic heterocycles. The zero-order chi connectivity index (χ0) is 6.57. The van der Waals surface area contributed by atoms with Crippen LogP contribution in [0.5, 0.6) is 0 Å². The largest absolute Gasteiger partial charge is 0.478 e. The van der Waals surface area contributed by atoms with Crippen molar-refractivity contribution in [1.82, 2.24) is 0 Å². The summed E-state index contributed by atoms with van der Waals surface area (Å²) in [7, 11) is -3.37. The summed E-state index contributed by atoms with van der Waals surface area (Å²) in [5.41, 5.74) is 0. The van der Waals surface area contributed by atoms with Gasteiger partial charge in [-0.15, -0.1) is 0 Å². The van der Waals surface area contributed by atoms with E-state index in [4.69, 9.17) is 0 Å². The van der Waals surface area contributed by atoms with Gasteiger partial charge in [0.25, 0.3) is 0 Å². The van der Waals surface area contributed by atoms with Crippen molar-refractivity contribution < 1.29 is 17.3 Å². The van der Waals surface area contributed by atoms with Crippen LogP contribution in [0.15, 0.2) is 0 Å². The average Bonchev–Trinajstić information content (AvgIpc) is 1.65. The van der Waals surface area contributed by atoms with Crippen LogP contribution in [0, 0.1) is 0 Å². The molecule has 0 nitrogen and oxygen atoms in total. The lowest BCUT2D eigenvalue weighted by atomic mass is 9.11. The van der Waals surface area contributed by atoms with Crippen LogP contribution in [0.1, 0.15) is 0 Å². The van der Waals surface area contributed by atoms with Gasteiger partial charge in [-0.25, -0.2) is 0 Å². The SMILES string of the molecule is F[B]B(F)[B]B(F)F. The van der Waals surface area contributed by atoms with Gasteiger partial charge in [-0.1, -0.05) is 0 Å². The summed E-state index contributed by atoms with van der Waals surface area (Å²) in [6.45, 7) is -2.24. The molecule has 0 rings (SSSR count). The Morgan fingerprint density at radius 3 is 1.75 bits per heavy atom. The third-order valence-electron chi connectivity index (χ3n) is 0.450. The van der Waals surface area contributed by atoms with E-state index in [0.717, 1.165) is 0 Å². The zero-order valence-corrected chi connectivity index (χ0v) is 3.82. The highest BCUT2D eigenvalue weighted by molar-refractivity contribution is 7.50. The smallest absolute Gasteiger partial charge is 0.355 e. The third kappa shape index (κ3) is 4.15. The molecule has 0 spiro atoms. The predicted molar refractivity (Wildman–Crippen MR) is 27.4 cm³/mol. The molecule has 0 bridgehead atoms. The van der Waals surface area contributed by atoms with Gasteiger partial charge in [-0.3, -0.25) is 8.63 Å². The summed E-state index contributed by atoms with van der Waals surface area (Å²) in [6, 6.07) is 0. The standard InChI is InChI=1S/B4F4/c5-2-3(6)1-4(7)8. The van der Waals surface area contributed by atoms with Gasteiger partial charge in [0.15, 0.2) is 7.06 Å². The minimum Gasteiger partial charge on any atom is -0.355 e. The van der Waals surface area contributed by atoms with Crippen LogP contribution in [0.4, 0.5) is 17.3 Å². The van der Waals surface area contributed by atoms with E-state index in [1.807, 2.05) is 0 Å². The van der Waals surface area contributed by atoms with Crippen molar-refractivity contribution in [2.45, 2.75) is 0 Å². The van der Waals surface area contributed by atoms with Crippen LogP contribution >= 0.6 is 0 Å². The zero-order valence-electron chi connectivity index (χ0n) is 3.82. The Bertz CT molecular complexity index is 54.0. The monoisotopic (exact) mass is 120 g/mol. The van der Waals surface area contributed by atoms with E-state index >= 15 is 0 Å². The predicted octanol–water partition coefficient (Wildman–Crippen LogP) is 0.158. The molecule has 0 heterocycles. The molecule has 0 aliphatic heterocycles. The van der Waals surface area contributed by atoms with Crippen molar-refractivity contribution in [3.05, 3.63) is 0 Å². The Kier molecular flexibility index (Phi) is 3.91. The maximum atomic E-state index is 11.4. The van der Waals surface area contributed by atoms with Crippen LogP contribution in [0.2, 0.25) is 0 Å². The van der Waals surface area contributed by atoms with Gasteiger partial charge in [0.05, 0.1) is 0 Å². The highest BCUT2D eigenvalue weighted by Gasteiger charge is 2.26. The maximum Gasteiger partial charge on any atom is 0.478 e. The van der Waals surface area contributed by atoms with Gasteiger partial charge in [0.1, 0.15) is 0 Å². The van der Waals surface area contributed by atoms with Gasteiger partial charge in [0, 0.05) is 0 Å². The fourth-order valence-corrected chi connectivity index (χ4v) is 0.181. The Morgan fingerprint density at radius 1 is 1.12 bits per heavy atom. The maximum absolute atomic E-state index is 11.4. The summed E-state index contributed by atoms with van der Waals surface area (Å²) in [5, 5.41) is 0. The average molecular weight is 119 g/mol. The van der Waals surface area contributed by atoms with Crippen molar-refractivity contribution in [3.63, 3.8) is 0 Å². The highest BCUT2D eigenvalue weighted by atomic mass is 19.2. The summed E-state index contributed by atoms with van der Waals surface area (Å²) in [6.07, 6.45) is 0. The molecular weight excluding hydrogens is 119 g/mol. The lowest BCUT2D eigenvalue weighted by Crippen LogP contribution is -2.31. The molecular formula is B4F4. The molecule has 0 unspecified atom stereocenters. The molecule has 0 aromatic carbocycles. The van der Waals surface area contributed by atoms with Crippen molar-refractivity contribution in [3.8, 4) is 0 Å². The first-order valence-electron chi connectivity index (χ1n) is 1.87. The summed E-state index contributed by atoms with van der Waals surface area (Å²) >= 11 is 0. The first kappa shape index (κ1) is 7.98. The van der Waals surface area contributed by atoms with Gasteiger partial charge < -0.3 is 8.63 Å². The Labute approximate surface area is 46.8 Å². The lowest BCUT2D eigenvalue weighted by Gasteiger charge is -1.87. The van der Waals surface area contributed by atoms with Crippen molar-refractivity contribution >= 4 is 28.4 Å². The molecule has 0 amide bonds. The van der Waals surface area contributed by atoms with E-state index in [9.17, 15) is 17.3 Å². The fourth-order valence-electron chi connectivity index (χ4n) is 0.181. The minimum atomic E-state index is -2.89. The van der Waals surface area contributed by atoms with Crippen molar-refractivity contribution in [2.24, 2.45) is 0 Å². The molecule has 8 heteroatoms. The Balaban J connectivity index is 3.10.